The lowest BCUT2D eigenvalue weighted by Crippen LogP contribution is -2.37. The smallest absolute Gasteiger partial charge is 0.191 e. The van der Waals surface area contributed by atoms with Crippen molar-refractivity contribution in [2.75, 3.05) is 40.0 Å². The van der Waals surface area contributed by atoms with Gasteiger partial charge < -0.3 is 20.1 Å². The van der Waals surface area contributed by atoms with Crippen LogP contribution in [0.3, 0.4) is 0 Å². The molecule has 0 aromatic carbocycles. The number of ether oxygens (including phenoxy) is 2. The van der Waals surface area contributed by atoms with Crippen molar-refractivity contribution in [3.05, 3.63) is 30.1 Å². The first-order valence-corrected chi connectivity index (χ1v) is 7.88. The fourth-order valence-electron chi connectivity index (χ4n) is 2.24. The Morgan fingerprint density at radius 1 is 1.45 bits per heavy atom. The van der Waals surface area contributed by atoms with Crippen molar-refractivity contribution in [1.29, 1.82) is 0 Å². The Bertz CT molecular complexity index is 433. The Morgan fingerprint density at radius 3 is 3.14 bits per heavy atom. The van der Waals surface area contributed by atoms with Crippen LogP contribution in [-0.4, -0.2) is 51.0 Å². The number of aromatic nitrogens is 1. The Balaban J connectivity index is 1.51. The van der Waals surface area contributed by atoms with E-state index < -0.39 is 0 Å². The minimum absolute atomic E-state index is 0.584. The van der Waals surface area contributed by atoms with Gasteiger partial charge in [0.15, 0.2) is 5.96 Å². The van der Waals surface area contributed by atoms with Gasteiger partial charge in [-0.2, -0.15) is 0 Å². The molecule has 1 aromatic rings. The molecule has 0 saturated carbocycles. The molecule has 1 unspecified atom stereocenters. The molecule has 2 heterocycles. The highest BCUT2D eigenvalue weighted by Gasteiger charge is 2.15. The van der Waals surface area contributed by atoms with Crippen LogP contribution in [0, 0.1) is 5.92 Å². The summed E-state index contributed by atoms with van der Waals surface area (Å²) in [4.78, 5) is 8.46. The molecule has 2 N–H and O–H groups in total. The molecule has 1 aromatic heterocycles. The molecule has 0 bridgehead atoms. The van der Waals surface area contributed by atoms with Gasteiger partial charge in [0.25, 0.3) is 0 Å². The molecule has 1 atom stereocenters. The standard InChI is InChI=1S/C16H26N4O2/c1-17-16(20-11-15-5-2-3-7-18-15)19-8-4-9-21-12-14-6-10-22-13-14/h2-3,5,7,14H,4,6,8-13H2,1H3,(H2,17,19,20). The third kappa shape index (κ3) is 6.41. The predicted octanol–water partition coefficient (Wildman–Crippen LogP) is 1.19. The fourth-order valence-corrected chi connectivity index (χ4v) is 2.24. The Kier molecular flexibility index (Phi) is 7.69. The van der Waals surface area contributed by atoms with Gasteiger partial charge in [0, 0.05) is 38.9 Å². The van der Waals surface area contributed by atoms with Crippen molar-refractivity contribution < 1.29 is 9.47 Å². The molecule has 1 aliphatic rings. The molecule has 6 nitrogen and oxygen atoms in total. The SMILES string of the molecule is CN=C(NCCCOCC1CCOC1)NCc1ccccn1. The molecule has 0 spiro atoms. The molecule has 0 aliphatic carbocycles. The quantitative estimate of drug-likeness (QED) is 0.429. The summed E-state index contributed by atoms with van der Waals surface area (Å²) in [6.07, 6.45) is 3.88. The minimum Gasteiger partial charge on any atom is -0.381 e. The maximum atomic E-state index is 5.67. The number of guanidine groups is 1. The number of aliphatic imine (C=N–C) groups is 1. The molecule has 0 amide bonds. The molecule has 22 heavy (non-hydrogen) atoms. The van der Waals surface area contributed by atoms with Gasteiger partial charge in [0.2, 0.25) is 0 Å². The van der Waals surface area contributed by atoms with Crippen molar-refractivity contribution in [1.82, 2.24) is 15.6 Å². The Hall–Kier alpha value is -1.66. The highest BCUT2D eigenvalue weighted by molar-refractivity contribution is 5.79. The number of nitrogens with one attached hydrogen (secondary N) is 2. The van der Waals surface area contributed by atoms with E-state index in [1.54, 1.807) is 13.2 Å². The Morgan fingerprint density at radius 2 is 2.41 bits per heavy atom. The monoisotopic (exact) mass is 306 g/mol. The highest BCUT2D eigenvalue weighted by atomic mass is 16.5. The zero-order chi connectivity index (χ0) is 15.5. The average molecular weight is 306 g/mol. The fraction of sp³-hybridized carbons (Fsp3) is 0.625. The second-order valence-corrected chi connectivity index (χ2v) is 5.33. The van der Waals surface area contributed by atoms with Gasteiger partial charge in [0.05, 0.1) is 25.5 Å². The molecule has 1 saturated heterocycles. The second kappa shape index (κ2) is 10.1. The first-order valence-electron chi connectivity index (χ1n) is 7.88. The summed E-state index contributed by atoms with van der Waals surface area (Å²) in [5.41, 5.74) is 0.993. The number of nitrogens with zero attached hydrogens (tertiary/aromatic N) is 2. The van der Waals surface area contributed by atoms with E-state index in [1.165, 1.54) is 0 Å². The van der Waals surface area contributed by atoms with E-state index in [0.29, 0.717) is 12.5 Å². The van der Waals surface area contributed by atoms with Crippen LogP contribution < -0.4 is 10.6 Å². The van der Waals surface area contributed by atoms with Crippen molar-refractivity contribution in [2.24, 2.45) is 10.9 Å². The van der Waals surface area contributed by atoms with Crippen molar-refractivity contribution >= 4 is 5.96 Å². The topological polar surface area (TPSA) is 67.8 Å². The van der Waals surface area contributed by atoms with Crippen LogP contribution in [0.25, 0.3) is 0 Å². The van der Waals surface area contributed by atoms with Crippen LogP contribution in [0.1, 0.15) is 18.5 Å². The van der Waals surface area contributed by atoms with Crippen molar-refractivity contribution in [3.8, 4) is 0 Å². The maximum absolute atomic E-state index is 5.67. The van der Waals surface area contributed by atoms with Gasteiger partial charge >= 0.3 is 0 Å². The summed E-state index contributed by atoms with van der Waals surface area (Å²) in [7, 11) is 1.77. The molecule has 122 valence electrons. The van der Waals surface area contributed by atoms with Gasteiger partial charge in [-0.25, -0.2) is 0 Å². The number of pyridine rings is 1. The highest BCUT2D eigenvalue weighted by Crippen LogP contribution is 2.12. The van der Waals surface area contributed by atoms with Crippen molar-refractivity contribution in [2.45, 2.75) is 19.4 Å². The minimum atomic E-state index is 0.584. The van der Waals surface area contributed by atoms with Crippen molar-refractivity contribution in [3.63, 3.8) is 0 Å². The van der Waals surface area contributed by atoms with Crippen LogP contribution in [0.4, 0.5) is 0 Å². The molecule has 0 radical (unpaired) electrons. The molecule has 1 fully saturated rings. The van der Waals surface area contributed by atoms with E-state index in [0.717, 1.165) is 57.5 Å². The molecule has 1 aliphatic heterocycles. The average Bonchev–Trinajstić information content (AvgIpc) is 3.08. The lowest BCUT2D eigenvalue weighted by Gasteiger charge is -2.12. The number of hydrogen-bond donors (Lipinski definition) is 2. The molecule has 6 heteroatoms. The molecular formula is C16H26N4O2. The van der Waals surface area contributed by atoms with E-state index >= 15 is 0 Å². The summed E-state index contributed by atoms with van der Waals surface area (Å²) in [6.45, 7) is 4.81. The number of rotatable bonds is 8. The zero-order valence-corrected chi connectivity index (χ0v) is 13.3. The second-order valence-electron chi connectivity index (χ2n) is 5.33. The van der Waals surface area contributed by atoms with Gasteiger partial charge in [0.1, 0.15) is 0 Å². The largest absolute Gasteiger partial charge is 0.381 e. The van der Waals surface area contributed by atoms with Crippen LogP contribution in [0.2, 0.25) is 0 Å². The summed E-state index contributed by atoms with van der Waals surface area (Å²) >= 11 is 0. The summed E-state index contributed by atoms with van der Waals surface area (Å²) in [5, 5.41) is 6.51. The molecule has 2 rings (SSSR count). The lowest BCUT2D eigenvalue weighted by molar-refractivity contribution is 0.0888. The van der Waals surface area contributed by atoms with E-state index in [4.69, 9.17) is 9.47 Å². The van der Waals surface area contributed by atoms with Crippen LogP contribution >= 0.6 is 0 Å². The third-order valence-electron chi connectivity index (χ3n) is 3.52. The Labute approximate surface area is 132 Å². The van der Waals surface area contributed by atoms with E-state index in [-0.39, 0.29) is 0 Å². The zero-order valence-electron chi connectivity index (χ0n) is 13.3. The maximum Gasteiger partial charge on any atom is 0.191 e. The van der Waals surface area contributed by atoms with E-state index in [2.05, 4.69) is 20.6 Å². The summed E-state index contributed by atoms with van der Waals surface area (Å²) in [5.74, 6) is 1.37. The summed E-state index contributed by atoms with van der Waals surface area (Å²) < 4.78 is 11.0. The normalized spacial score (nSPS) is 18.4. The lowest BCUT2D eigenvalue weighted by atomic mass is 10.1. The first kappa shape index (κ1) is 16.7. The molecular weight excluding hydrogens is 280 g/mol. The summed E-state index contributed by atoms with van der Waals surface area (Å²) in [6, 6.07) is 5.88. The van der Waals surface area contributed by atoms with E-state index in [1.807, 2.05) is 18.2 Å². The first-order chi connectivity index (χ1) is 10.9. The van der Waals surface area contributed by atoms with Crippen LogP contribution in [0.5, 0.6) is 0 Å². The van der Waals surface area contributed by atoms with Gasteiger partial charge in [-0.3, -0.25) is 9.98 Å². The van der Waals surface area contributed by atoms with Gasteiger partial charge in [-0.05, 0) is 25.0 Å². The van der Waals surface area contributed by atoms with Gasteiger partial charge in [-0.1, -0.05) is 6.07 Å². The van der Waals surface area contributed by atoms with Crippen LogP contribution in [0.15, 0.2) is 29.4 Å². The van der Waals surface area contributed by atoms with Gasteiger partial charge in [-0.15, -0.1) is 0 Å². The number of hydrogen-bond acceptors (Lipinski definition) is 4. The van der Waals surface area contributed by atoms with Crippen LogP contribution in [-0.2, 0) is 16.0 Å². The van der Waals surface area contributed by atoms with E-state index in [9.17, 15) is 0 Å². The third-order valence-corrected chi connectivity index (χ3v) is 3.52. The predicted molar refractivity (Wildman–Crippen MR) is 86.8 cm³/mol.